The molecule has 5 aliphatic rings. The van der Waals surface area contributed by atoms with Crippen LogP contribution in [0.2, 0.25) is 0 Å². The first kappa shape index (κ1) is 15.2. The molecular formula is C21H34O2. The average molecular weight is 319 g/mol. The lowest BCUT2D eigenvalue weighted by Crippen LogP contribution is -2.55. The molecule has 23 heavy (non-hydrogen) atoms. The molecule has 5 fully saturated rings. The lowest BCUT2D eigenvalue weighted by Gasteiger charge is -2.60. The highest BCUT2D eigenvalue weighted by Crippen LogP contribution is 2.67. The van der Waals surface area contributed by atoms with Crippen molar-refractivity contribution in [3.63, 3.8) is 0 Å². The van der Waals surface area contributed by atoms with Crippen LogP contribution in [0.15, 0.2) is 0 Å². The molecule has 5 saturated carbocycles. The normalized spacial score (nSPS) is 64.2. The summed E-state index contributed by atoms with van der Waals surface area (Å²) < 4.78 is 0. The van der Waals surface area contributed by atoms with E-state index in [9.17, 15) is 10.2 Å². The van der Waals surface area contributed by atoms with Crippen molar-refractivity contribution in [3.05, 3.63) is 0 Å². The summed E-state index contributed by atoms with van der Waals surface area (Å²) >= 11 is 0. The Labute approximate surface area is 141 Å². The van der Waals surface area contributed by atoms with Crippen LogP contribution in [0.5, 0.6) is 0 Å². The molecule has 0 heterocycles. The van der Waals surface area contributed by atoms with E-state index in [4.69, 9.17) is 0 Å². The van der Waals surface area contributed by atoms with Crippen molar-refractivity contribution >= 4 is 0 Å². The Morgan fingerprint density at radius 1 is 0.783 bits per heavy atom. The molecule has 10 atom stereocenters. The van der Waals surface area contributed by atoms with Crippen molar-refractivity contribution in [1.82, 2.24) is 0 Å². The van der Waals surface area contributed by atoms with Crippen molar-refractivity contribution < 1.29 is 10.2 Å². The summed E-state index contributed by atoms with van der Waals surface area (Å²) in [5.41, 5.74) is -0.189. The summed E-state index contributed by atoms with van der Waals surface area (Å²) in [6, 6.07) is 0. The molecular weight excluding hydrogens is 284 g/mol. The Morgan fingerprint density at radius 2 is 1.57 bits per heavy atom. The van der Waals surface area contributed by atoms with Gasteiger partial charge in [-0.25, -0.2) is 0 Å². The fourth-order valence-electron chi connectivity index (χ4n) is 7.98. The summed E-state index contributed by atoms with van der Waals surface area (Å²) in [4.78, 5) is 0. The van der Waals surface area contributed by atoms with E-state index in [1.165, 1.54) is 44.9 Å². The maximum Gasteiger partial charge on any atom is 0.0627 e. The molecule has 0 aromatic carbocycles. The van der Waals surface area contributed by atoms with Gasteiger partial charge in [-0.2, -0.15) is 0 Å². The number of aliphatic hydroxyl groups is 2. The van der Waals surface area contributed by atoms with E-state index in [-0.39, 0.29) is 11.5 Å². The Morgan fingerprint density at radius 3 is 2.39 bits per heavy atom. The Kier molecular flexibility index (Phi) is 3.14. The minimum Gasteiger partial charge on any atom is -0.392 e. The van der Waals surface area contributed by atoms with Crippen molar-refractivity contribution in [2.75, 3.05) is 0 Å². The molecule has 0 aromatic rings. The van der Waals surface area contributed by atoms with Gasteiger partial charge in [0, 0.05) is 0 Å². The number of rotatable bonds is 0. The summed E-state index contributed by atoms with van der Waals surface area (Å²) in [5.74, 6) is 5.68. The molecule has 2 heteroatoms. The summed E-state index contributed by atoms with van der Waals surface area (Å²) in [6.45, 7) is 4.48. The van der Waals surface area contributed by atoms with E-state index in [2.05, 4.69) is 13.8 Å². The van der Waals surface area contributed by atoms with Crippen molar-refractivity contribution in [2.24, 2.45) is 46.8 Å². The minimum absolute atomic E-state index is 0.0167. The Hall–Kier alpha value is -0.0800. The average Bonchev–Trinajstić information content (AvgIpc) is 3.27. The SMILES string of the molecule is C[C@@]1(O)CC[C@H]2[C@H](CC[C@@H]3[C@@H]2CC[C@]2(C)[C@@H](O)[C@H]4C[C@H]4C[C@@H]32)C1. The predicted molar refractivity (Wildman–Crippen MR) is 90.7 cm³/mol. The first-order valence-electron chi connectivity index (χ1n) is 10.3. The second-order valence-corrected chi connectivity index (χ2v) is 10.6. The van der Waals surface area contributed by atoms with Crippen LogP contribution in [-0.2, 0) is 0 Å². The molecule has 130 valence electrons. The fourth-order valence-corrected chi connectivity index (χ4v) is 7.98. The monoisotopic (exact) mass is 318 g/mol. The largest absolute Gasteiger partial charge is 0.392 e. The van der Waals surface area contributed by atoms with Crippen LogP contribution in [0.1, 0.15) is 71.6 Å². The zero-order valence-electron chi connectivity index (χ0n) is 14.9. The second kappa shape index (κ2) is 4.75. The second-order valence-electron chi connectivity index (χ2n) is 10.6. The quantitative estimate of drug-likeness (QED) is 0.709. The molecule has 5 aliphatic carbocycles. The van der Waals surface area contributed by atoms with Crippen molar-refractivity contribution in [3.8, 4) is 0 Å². The van der Waals surface area contributed by atoms with Gasteiger partial charge in [-0.1, -0.05) is 6.92 Å². The van der Waals surface area contributed by atoms with Crippen LogP contribution in [0.3, 0.4) is 0 Å². The molecule has 0 spiro atoms. The highest BCUT2D eigenvalue weighted by molar-refractivity contribution is 5.12. The van der Waals surface area contributed by atoms with E-state index < -0.39 is 5.60 Å². The summed E-state index contributed by atoms with van der Waals surface area (Å²) in [7, 11) is 0. The molecule has 0 aromatic heterocycles. The van der Waals surface area contributed by atoms with Crippen LogP contribution in [0, 0.1) is 46.8 Å². The number of hydrogen-bond donors (Lipinski definition) is 2. The predicted octanol–water partition coefficient (Wildman–Crippen LogP) is 4.00. The van der Waals surface area contributed by atoms with E-state index in [0.29, 0.717) is 5.92 Å². The molecule has 5 rings (SSSR count). The molecule has 0 unspecified atom stereocenters. The fraction of sp³-hybridized carbons (Fsp3) is 1.00. The van der Waals surface area contributed by atoms with Gasteiger partial charge in [0.2, 0.25) is 0 Å². The first-order valence-corrected chi connectivity index (χ1v) is 10.3. The standard InChI is InChI=1S/C21H34O2/c1-20(23)7-5-14-12(11-20)3-4-16-15(14)6-8-21(2)18(16)10-13-9-17(13)19(21)22/h12-19,22-23H,3-11H2,1-2H3/t12-,13+,14+,15-,16-,17+,18+,19+,20-,21+/m1/s1. The molecule has 0 saturated heterocycles. The highest BCUT2D eigenvalue weighted by Gasteiger charge is 2.63. The summed E-state index contributed by atoms with van der Waals surface area (Å²) in [6.07, 6.45) is 11.3. The van der Waals surface area contributed by atoms with Gasteiger partial charge in [0.15, 0.2) is 0 Å². The number of aliphatic hydroxyl groups excluding tert-OH is 1. The van der Waals surface area contributed by atoms with Crippen molar-refractivity contribution in [2.45, 2.75) is 83.3 Å². The third kappa shape index (κ3) is 2.13. The van der Waals surface area contributed by atoms with Crippen LogP contribution in [0.4, 0.5) is 0 Å². The minimum atomic E-state index is -0.403. The Balaban J connectivity index is 1.40. The lowest BCUT2D eigenvalue weighted by molar-refractivity contribution is -0.149. The van der Waals surface area contributed by atoms with Crippen LogP contribution < -0.4 is 0 Å². The highest BCUT2D eigenvalue weighted by atomic mass is 16.3. The molecule has 0 amide bonds. The van der Waals surface area contributed by atoms with Crippen molar-refractivity contribution in [1.29, 1.82) is 0 Å². The number of hydrogen-bond acceptors (Lipinski definition) is 2. The third-order valence-corrected chi connectivity index (χ3v) is 9.29. The topological polar surface area (TPSA) is 40.5 Å². The zero-order chi connectivity index (χ0) is 16.0. The van der Waals surface area contributed by atoms with Gasteiger partial charge < -0.3 is 10.2 Å². The van der Waals surface area contributed by atoms with Crippen LogP contribution in [0.25, 0.3) is 0 Å². The van der Waals surface area contributed by atoms with Gasteiger partial charge in [-0.05, 0) is 112 Å². The van der Waals surface area contributed by atoms with Crippen LogP contribution in [-0.4, -0.2) is 21.9 Å². The maximum atomic E-state index is 10.9. The van der Waals surface area contributed by atoms with Gasteiger partial charge in [-0.15, -0.1) is 0 Å². The van der Waals surface area contributed by atoms with Gasteiger partial charge in [0.1, 0.15) is 0 Å². The first-order chi connectivity index (χ1) is 10.9. The number of fused-ring (bicyclic) bond motifs is 6. The van der Waals surface area contributed by atoms with Crippen LogP contribution >= 0.6 is 0 Å². The molecule has 0 aliphatic heterocycles. The van der Waals surface area contributed by atoms with E-state index in [1.54, 1.807) is 0 Å². The molecule has 0 bridgehead atoms. The van der Waals surface area contributed by atoms with Gasteiger partial charge in [-0.3, -0.25) is 0 Å². The Bertz CT molecular complexity index is 500. The third-order valence-electron chi connectivity index (χ3n) is 9.29. The van der Waals surface area contributed by atoms with Gasteiger partial charge >= 0.3 is 0 Å². The summed E-state index contributed by atoms with van der Waals surface area (Å²) in [5, 5.41) is 21.4. The molecule has 0 radical (unpaired) electrons. The molecule has 2 N–H and O–H groups in total. The van der Waals surface area contributed by atoms with E-state index >= 15 is 0 Å². The van der Waals surface area contributed by atoms with Gasteiger partial charge in [0.25, 0.3) is 0 Å². The maximum absolute atomic E-state index is 10.9. The van der Waals surface area contributed by atoms with E-state index in [0.717, 1.165) is 48.3 Å². The lowest BCUT2D eigenvalue weighted by atomic mass is 9.46. The smallest absolute Gasteiger partial charge is 0.0627 e. The molecule has 2 nitrogen and oxygen atoms in total. The van der Waals surface area contributed by atoms with E-state index in [1.807, 2.05) is 0 Å². The van der Waals surface area contributed by atoms with Gasteiger partial charge in [0.05, 0.1) is 11.7 Å². The zero-order valence-corrected chi connectivity index (χ0v) is 14.9.